The largest absolute Gasteiger partial charge is 0.330 e. The number of hydrogen-bond acceptors (Lipinski definition) is 1. The summed E-state index contributed by atoms with van der Waals surface area (Å²) < 4.78 is 13.1. The van der Waals surface area contributed by atoms with Gasteiger partial charge in [-0.15, -0.1) is 0 Å². The predicted molar refractivity (Wildman–Crippen MR) is 53.5 cm³/mol. The van der Waals surface area contributed by atoms with E-state index in [1.54, 1.807) is 12.1 Å². The van der Waals surface area contributed by atoms with E-state index < -0.39 is 0 Å². The molecule has 3 heteroatoms. The summed E-state index contributed by atoms with van der Waals surface area (Å²) in [5, 5.41) is 0.150. The van der Waals surface area contributed by atoms with E-state index in [-0.39, 0.29) is 16.3 Å². The molecule has 1 aromatic carbocycles. The molecule has 0 saturated carbocycles. The van der Waals surface area contributed by atoms with Crippen molar-refractivity contribution in [2.45, 2.75) is 19.3 Å². The third kappa shape index (κ3) is 2.20. The Kier molecular flexibility index (Phi) is 2.94. The Morgan fingerprint density at radius 3 is 2.54 bits per heavy atom. The molecule has 0 aliphatic heterocycles. The second-order valence-corrected chi connectivity index (χ2v) is 4.12. The summed E-state index contributed by atoms with van der Waals surface area (Å²) in [6.07, 6.45) is 0. The predicted octanol–water partition coefficient (Wildman–Crippen LogP) is 2.72. The summed E-state index contributed by atoms with van der Waals surface area (Å²) in [7, 11) is 0. The Morgan fingerprint density at radius 1 is 1.46 bits per heavy atom. The van der Waals surface area contributed by atoms with Crippen LogP contribution in [0, 0.1) is 5.82 Å². The van der Waals surface area contributed by atoms with E-state index >= 15 is 0 Å². The van der Waals surface area contributed by atoms with E-state index in [4.69, 9.17) is 17.3 Å². The molecule has 0 aromatic heterocycles. The van der Waals surface area contributed by atoms with E-state index in [2.05, 4.69) is 0 Å². The number of rotatable bonds is 2. The van der Waals surface area contributed by atoms with Crippen molar-refractivity contribution < 1.29 is 4.39 Å². The monoisotopic (exact) mass is 201 g/mol. The maximum absolute atomic E-state index is 13.1. The summed E-state index contributed by atoms with van der Waals surface area (Å²) in [5.41, 5.74) is 6.24. The summed E-state index contributed by atoms with van der Waals surface area (Å²) in [6, 6.07) is 4.80. The molecule has 0 fully saturated rings. The Hall–Kier alpha value is -0.600. The zero-order valence-electron chi connectivity index (χ0n) is 7.77. The Morgan fingerprint density at radius 2 is 2.08 bits per heavy atom. The van der Waals surface area contributed by atoms with Crippen molar-refractivity contribution in [1.29, 1.82) is 0 Å². The topological polar surface area (TPSA) is 26.0 Å². The van der Waals surface area contributed by atoms with Gasteiger partial charge in [0.2, 0.25) is 0 Å². The first-order valence-corrected chi connectivity index (χ1v) is 4.51. The lowest BCUT2D eigenvalue weighted by atomic mass is 9.85. The van der Waals surface area contributed by atoms with Crippen molar-refractivity contribution in [2.75, 3.05) is 6.54 Å². The lowest BCUT2D eigenvalue weighted by Crippen LogP contribution is -2.28. The van der Waals surface area contributed by atoms with E-state index in [1.165, 1.54) is 6.07 Å². The zero-order valence-corrected chi connectivity index (χ0v) is 8.53. The minimum absolute atomic E-state index is 0.150. The first-order chi connectivity index (χ1) is 5.97. The molecule has 0 saturated heterocycles. The van der Waals surface area contributed by atoms with Gasteiger partial charge >= 0.3 is 0 Å². The summed E-state index contributed by atoms with van der Waals surface area (Å²) in [6.45, 7) is 4.42. The van der Waals surface area contributed by atoms with E-state index in [1.807, 2.05) is 13.8 Å². The van der Waals surface area contributed by atoms with Crippen LogP contribution >= 0.6 is 11.6 Å². The highest BCUT2D eigenvalue weighted by atomic mass is 35.5. The standard InChI is InChI=1S/C10H13ClFN/c1-10(2,6-13)7-3-4-8(11)9(12)5-7/h3-5H,6,13H2,1-2H3. The first kappa shape index (κ1) is 10.5. The van der Waals surface area contributed by atoms with Crippen LogP contribution in [-0.2, 0) is 5.41 Å². The van der Waals surface area contributed by atoms with Crippen LogP contribution in [0.5, 0.6) is 0 Å². The van der Waals surface area contributed by atoms with Gasteiger partial charge in [-0.25, -0.2) is 4.39 Å². The molecule has 0 aliphatic rings. The molecule has 0 heterocycles. The SMILES string of the molecule is CC(C)(CN)c1ccc(Cl)c(F)c1. The van der Waals surface area contributed by atoms with Gasteiger partial charge in [-0.3, -0.25) is 0 Å². The van der Waals surface area contributed by atoms with Crippen LogP contribution in [0.2, 0.25) is 5.02 Å². The van der Waals surface area contributed by atoms with E-state index in [0.717, 1.165) is 5.56 Å². The molecule has 72 valence electrons. The van der Waals surface area contributed by atoms with Gasteiger partial charge in [0, 0.05) is 12.0 Å². The molecule has 0 aliphatic carbocycles. The minimum atomic E-state index is -0.388. The van der Waals surface area contributed by atoms with Gasteiger partial charge in [-0.05, 0) is 17.7 Å². The zero-order chi connectivity index (χ0) is 10.1. The average Bonchev–Trinajstić information content (AvgIpc) is 2.09. The Labute approximate surface area is 82.7 Å². The molecule has 0 bridgehead atoms. The van der Waals surface area contributed by atoms with Crippen molar-refractivity contribution in [2.24, 2.45) is 5.73 Å². The molecule has 1 rings (SSSR count). The van der Waals surface area contributed by atoms with Crippen LogP contribution in [0.4, 0.5) is 4.39 Å². The molecule has 13 heavy (non-hydrogen) atoms. The number of nitrogens with two attached hydrogens (primary N) is 1. The second kappa shape index (κ2) is 3.64. The third-order valence-corrected chi connectivity index (χ3v) is 2.52. The van der Waals surface area contributed by atoms with Crippen LogP contribution in [-0.4, -0.2) is 6.54 Å². The van der Waals surface area contributed by atoms with Crippen LogP contribution < -0.4 is 5.73 Å². The number of hydrogen-bond donors (Lipinski definition) is 1. The summed E-state index contributed by atoms with van der Waals surface area (Å²) in [4.78, 5) is 0. The van der Waals surface area contributed by atoms with E-state index in [9.17, 15) is 4.39 Å². The fraction of sp³-hybridized carbons (Fsp3) is 0.400. The number of halogens is 2. The summed E-state index contributed by atoms with van der Waals surface area (Å²) >= 11 is 5.57. The fourth-order valence-electron chi connectivity index (χ4n) is 1.03. The molecule has 2 N–H and O–H groups in total. The van der Waals surface area contributed by atoms with Crippen LogP contribution in [0.25, 0.3) is 0 Å². The Balaban J connectivity index is 3.10. The van der Waals surface area contributed by atoms with Crippen molar-refractivity contribution >= 4 is 11.6 Å². The molecule has 0 amide bonds. The molecular formula is C10H13ClFN. The molecule has 0 atom stereocenters. The van der Waals surface area contributed by atoms with Gasteiger partial charge in [0.15, 0.2) is 0 Å². The van der Waals surface area contributed by atoms with Gasteiger partial charge in [-0.1, -0.05) is 31.5 Å². The van der Waals surface area contributed by atoms with Crippen molar-refractivity contribution in [3.8, 4) is 0 Å². The lowest BCUT2D eigenvalue weighted by Gasteiger charge is -2.22. The molecule has 1 aromatic rings. The van der Waals surface area contributed by atoms with Gasteiger partial charge in [0.1, 0.15) is 5.82 Å². The maximum atomic E-state index is 13.1. The third-order valence-electron chi connectivity index (χ3n) is 2.21. The lowest BCUT2D eigenvalue weighted by molar-refractivity contribution is 0.531. The highest BCUT2D eigenvalue weighted by Crippen LogP contribution is 2.25. The van der Waals surface area contributed by atoms with Gasteiger partial charge < -0.3 is 5.73 Å². The van der Waals surface area contributed by atoms with Crippen LogP contribution in [0.1, 0.15) is 19.4 Å². The number of benzene rings is 1. The Bertz CT molecular complexity index is 310. The van der Waals surface area contributed by atoms with Crippen LogP contribution in [0.15, 0.2) is 18.2 Å². The second-order valence-electron chi connectivity index (χ2n) is 3.72. The van der Waals surface area contributed by atoms with Gasteiger partial charge in [0.05, 0.1) is 5.02 Å². The highest BCUT2D eigenvalue weighted by molar-refractivity contribution is 6.30. The molecule has 0 radical (unpaired) electrons. The molecule has 0 unspecified atom stereocenters. The average molecular weight is 202 g/mol. The highest BCUT2D eigenvalue weighted by Gasteiger charge is 2.19. The first-order valence-electron chi connectivity index (χ1n) is 4.13. The minimum Gasteiger partial charge on any atom is -0.330 e. The molecule has 0 spiro atoms. The van der Waals surface area contributed by atoms with Crippen molar-refractivity contribution in [3.63, 3.8) is 0 Å². The quantitative estimate of drug-likeness (QED) is 0.783. The van der Waals surface area contributed by atoms with Crippen LogP contribution in [0.3, 0.4) is 0 Å². The smallest absolute Gasteiger partial charge is 0.142 e. The van der Waals surface area contributed by atoms with Crippen molar-refractivity contribution in [1.82, 2.24) is 0 Å². The van der Waals surface area contributed by atoms with Crippen molar-refractivity contribution in [3.05, 3.63) is 34.6 Å². The molecular weight excluding hydrogens is 189 g/mol. The summed E-state index contributed by atoms with van der Waals surface area (Å²) in [5.74, 6) is -0.388. The molecule has 1 nitrogen and oxygen atoms in total. The van der Waals surface area contributed by atoms with Gasteiger partial charge in [0.25, 0.3) is 0 Å². The fourth-order valence-corrected chi connectivity index (χ4v) is 1.15. The normalized spacial score (nSPS) is 11.8. The maximum Gasteiger partial charge on any atom is 0.142 e. The van der Waals surface area contributed by atoms with E-state index in [0.29, 0.717) is 6.54 Å². The van der Waals surface area contributed by atoms with Gasteiger partial charge in [-0.2, -0.15) is 0 Å².